The first-order chi connectivity index (χ1) is 10.3. The van der Waals surface area contributed by atoms with Crippen LogP contribution in [0.3, 0.4) is 0 Å². The molecule has 0 bridgehead atoms. The quantitative estimate of drug-likeness (QED) is 0.411. The summed E-state index contributed by atoms with van der Waals surface area (Å²) >= 11 is 0. The zero-order valence-corrected chi connectivity index (χ0v) is 15.1. The maximum atomic E-state index is 5.86. The molecule has 3 unspecified atom stereocenters. The number of hydrogen-bond acceptors (Lipinski definition) is 3. The average Bonchev–Trinajstić information content (AvgIpc) is 2.86. The van der Waals surface area contributed by atoms with Crippen molar-refractivity contribution in [1.29, 1.82) is 0 Å². The molecule has 2 rings (SSSR count). The second kappa shape index (κ2) is 6.75. The smallest absolute Gasteiger partial charge is 0.191 e. The van der Waals surface area contributed by atoms with Crippen molar-refractivity contribution >= 4 is 5.96 Å². The first-order valence-corrected chi connectivity index (χ1v) is 8.67. The molecule has 0 amide bonds. The molecule has 5 nitrogen and oxygen atoms in total. The third kappa shape index (κ3) is 3.93. The van der Waals surface area contributed by atoms with Crippen molar-refractivity contribution in [1.82, 2.24) is 16.0 Å². The Kier molecular flexibility index (Phi) is 5.38. The fraction of sp³-hybridized carbons (Fsp3) is 0.941. The van der Waals surface area contributed by atoms with Crippen molar-refractivity contribution < 1.29 is 4.74 Å². The fourth-order valence-electron chi connectivity index (χ4n) is 3.68. The summed E-state index contributed by atoms with van der Waals surface area (Å²) in [5.41, 5.74) is 0.326. The number of rotatable bonds is 5. The highest BCUT2D eigenvalue weighted by atomic mass is 16.5. The Morgan fingerprint density at radius 2 is 2.05 bits per heavy atom. The highest BCUT2D eigenvalue weighted by Crippen LogP contribution is 2.52. The lowest BCUT2D eigenvalue weighted by Crippen LogP contribution is -2.68. The highest BCUT2D eigenvalue weighted by molar-refractivity contribution is 5.80. The summed E-state index contributed by atoms with van der Waals surface area (Å²) in [6.07, 6.45) is 1.58. The van der Waals surface area contributed by atoms with Gasteiger partial charge < -0.3 is 20.7 Å². The van der Waals surface area contributed by atoms with Gasteiger partial charge in [-0.3, -0.25) is 4.99 Å². The van der Waals surface area contributed by atoms with Crippen molar-refractivity contribution in [3.63, 3.8) is 0 Å². The molecule has 22 heavy (non-hydrogen) atoms. The Balaban J connectivity index is 1.88. The number of nitrogens with zero attached hydrogens (tertiary/aromatic N) is 1. The summed E-state index contributed by atoms with van der Waals surface area (Å²) in [5, 5.41) is 10.5. The summed E-state index contributed by atoms with van der Waals surface area (Å²) in [5.74, 6) is 1.56. The van der Waals surface area contributed by atoms with Gasteiger partial charge in [-0.2, -0.15) is 0 Å². The van der Waals surface area contributed by atoms with E-state index in [4.69, 9.17) is 9.73 Å². The number of nitrogens with one attached hydrogen (secondary N) is 3. The molecule has 1 saturated heterocycles. The molecule has 3 atom stereocenters. The van der Waals surface area contributed by atoms with Crippen molar-refractivity contribution in [2.24, 2.45) is 16.3 Å². The van der Waals surface area contributed by atoms with Crippen LogP contribution in [0.1, 0.15) is 48.0 Å². The zero-order valence-electron chi connectivity index (χ0n) is 15.1. The minimum atomic E-state index is 0.145. The third-order valence-corrected chi connectivity index (χ3v) is 4.77. The average molecular weight is 310 g/mol. The summed E-state index contributed by atoms with van der Waals surface area (Å²) in [4.78, 5) is 4.71. The van der Waals surface area contributed by atoms with E-state index < -0.39 is 0 Å². The van der Waals surface area contributed by atoms with E-state index in [1.165, 1.54) is 0 Å². The van der Waals surface area contributed by atoms with E-state index in [-0.39, 0.29) is 11.0 Å². The molecule has 0 spiro atoms. The van der Waals surface area contributed by atoms with Crippen LogP contribution in [-0.2, 0) is 4.74 Å². The summed E-state index contributed by atoms with van der Waals surface area (Å²) < 4.78 is 5.86. The van der Waals surface area contributed by atoms with Crippen LogP contribution in [-0.4, -0.2) is 49.9 Å². The molecule has 2 fully saturated rings. The van der Waals surface area contributed by atoms with Crippen LogP contribution in [0.5, 0.6) is 0 Å². The van der Waals surface area contributed by atoms with E-state index in [0.29, 0.717) is 18.1 Å². The van der Waals surface area contributed by atoms with Gasteiger partial charge >= 0.3 is 0 Å². The maximum Gasteiger partial charge on any atom is 0.191 e. The van der Waals surface area contributed by atoms with Crippen LogP contribution in [0.25, 0.3) is 0 Å². The van der Waals surface area contributed by atoms with Gasteiger partial charge in [0.2, 0.25) is 0 Å². The molecule has 1 heterocycles. The Labute approximate surface area is 135 Å². The van der Waals surface area contributed by atoms with E-state index in [9.17, 15) is 0 Å². The van der Waals surface area contributed by atoms with Gasteiger partial charge in [0.05, 0.1) is 12.6 Å². The van der Waals surface area contributed by atoms with Crippen LogP contribution >= 0.6 is 0 Å². The van der Waals surface area contributed by atoms with Gasteiger partial charge in [-0.05, 0) is 34.1 Å². The standard InChI is InChI=1S/C17H34N4O/c1-7-18-15(19-9-10-20-16(2,3)4)21-13-12-8-11-22-14(12)17(13,5)6/h12-14,20H,7-11H2,1-6H3,(H2,18,19,21). The van der Waals surface area contributed by atoms with Gasteiger partial charge in [-0.1, -0.05) is 13.8 Å². The second-order valence-electron chi connectivity index (χ2n) is 8.12. The highest BCUT2D eigenvalue weighted by Gasteiger charge is 2.59. The second-order valence-corrected chi connectivity index (χ2v) is 8.12. The molecular weight excluding hydrogens is 276 g/mol. The summed E-state index contributed by atoms with van der Waals surface area (Å²) in [7, 11) is 0. The molecule has 128 valence electrons. The van der Waals surface area contributed by atoms with Gasteiger partial charge in [-0.15, -0.1) is 0 Å². The Morgan fingerprint density at radius 3 is 2.68 bits per heavy atom. The van der Waals surface area contributed by atoms with Crippen LogP contribution in [0, 0.1) is 11.3 Å². The van der Waals surface area contributed by atoms with Gasteiger partial charge in [-0.25, -0.2) is 0 Å². The molecule has 3 N–H and O–H groups in total. The molecule has 5 heteroatoms. The fourth-order valence-corrected chi connectivity index (χ4v) is 3.68. The van der Waals surface area contributed by atoms with Crippen molar-refractivity contribution in [3.8, 4) is 0 Å². The number of ether oxygens (including phenoxy) is 1. The normalized spacial score (nSPS) is 30.6. The molecule has 1 aliphatic heterocycles. The van der Waals surface area contributed by atoms with Crippen LogP contribution in [0.4, 0.5) is 0 Å². The lowest BCUT2D eigenvalue weighted by molar-refractivity contribution is -0.106. The molecule has 0 radical (unpaired) electrons. The SMILES string of the molecule is CCNC(=NCCNC(C)(C)C)NC1C2CCOC2C1(C)C. The van der Waals surface area contributed by atoms with Gasteiger partial charge in [0.1, 0.15) is 0 Å². The topological polar surface area (TPSA) is 57.7 Å². The molecular formula is C17H34N4O. The molecule has 2 aliphatic rings. The zero-order chi connectivity index (χ0) is 16.4. The van der Waals surface area contributed by atoms with Gasteiger partial charge in [0, 0.05) is 42.6 Å². The third-order valence-electron chi connectivity index (χ3n) is 4.77. The Morgan fingerprint density at radius 1 is 1.32 bits per heavy atom. The van der Waals surface area contributed by atoms with E-state index >= 15 is 0 Å². The molecule has 0 aromatic heterocycles. The first kappa shape index (κ1) is 17.5. The number of aliphatic imine (C=N–C) groups is 1. The minimum absolute atomic E-state index is 0.145. The van der Waals surface area contributed by atoms with Crippen molar-refractivity contribution in [3.05, 3.63) is 0 Å². The van der Waals surface area contributed by atoms with E-state index in [0.717, 1.165) is 38.6 Å². The molecule has 1 aliphatic carbocycles. The minimum Gasteiger partial charge on any atom is -0.377 e. The van der Waals surface area contributed by atoms with Gasteiger partial charge in [0.15, 0.2) is 5.96 Å². The van der Waals surface area contributed by atoms with Gasteiger partial charge in [0.25, 0.3) is 0 Å². The number of hydrogen-bond donors (Lipinski definition) is 3. The summed E-state index contributed by atoms with van der Waals surface area (Å²) in [6.45, 7) is 16.7. The Hall–Kier alpha value is -0.810. The lowest BCUT2D eigenvalue weighted by Gasteiger charge is -2.54. The van der Waals surface area contributed by atoms with Crippen LogP contribution < -0.4 is 16.0 Å². The maximum absolute atomic E-state index is 5.86. The largest absolute Gasteiger partial charge is 0.377 e. The van der Waals surface area contributed by atoms with Crippen LogP contribution in [0.2, 0.25) is 0 Å². The van der Waals surface area contributed by atoms with Crippen molar-refractivity contribution in [2.75, 3.05) is 26.2 Å². The van der Waals surface area contributed by atoms with E-state index in [1.807, 2.05) is 0 Å². The van der Waals surface area contributed by atoms with E-state index in [2.05, 4.69) is 57.5 Å². The number of guanidine groups is 1. The lowest BCUT2D eigenvalue weighted by atomic mass is 9.57. The predicted octanol–water partition coefficient (Wildman–Crippen LogP) is 1.74. The Bertz CT molecular complexity index is 400. The number of fused-ring (bicyclic) bond motifs is 1. The van der Waals surface area contributed by atoms with Crippen LogP contribution in [0.15, 0.2) is 4.99 Å². The monoisotopic (exact) mass is 310 g/mol. The first-order valence-electron chi connectivity index (χ1n) is 8.67. The molecule has 0 aromatic carbocycles. The van der Waals surface area contributed by atoms with Crippen molar-refractivity contribution in [2.45, 2.75) is 65.6 Å². The van der Waals surface area contributed by atoms with E-state index in [1.54, 1.807) is 0 Å². The molecule has 0 aromatic rings. The summed E-state index contributed by atoms with van der Waals surface area (Å²) in [6, 6.07) is 0.452. The molecule has 1 saturated carbocycles. The predicted molar refractivity (Wildman–Crippen MR) is 92.3 cm³/mol.